The summed E-state index contributed by atoms with van der Waals surface area (Å²) in [5, 5.41) is 15.6. The van der Waals surface area contributed by atoms with E-state index in [0.29, 0.717) is 0 Å². The highest BCUT2D eigenvalue weighted by Gasteiger charge is 2.04. The average Bonchev–Trinajstić information content (AvgIpc) is 2.85. The van der Waals surface area contributed by atoms with Gasteiger partial charge in [-0.1, -0.05) is 0 Å². The molecule has 0 aliphatic carbocycles. The topological polar surface area (TPSA) is 60.6 Å². The fourth-order valence-corrected chi connectivity index (χ4v) is 1.67. The number of nitrogens with zero attached hydrogens (tertiary/aromatic N) is 5. The Labute approximate surface area is 101 Å². The van der Waals surface area contributed by atoms with E-state index in [2.05, 4.69) is 20.6 Å². The number of aryl methyl sites for hydroxylation is 2. The average molecular weight is 234 g/mol. The normalized spacial score (nSPS) is 11.0. The molecule has 0 saturated heterocycles. The molecule has 92 valence electrons. The van der Waals surface area contributed by atoms with Gasteiger partial charge in [-0.3, -0.25) is 4.68 Å². The van der Waals surface area contributed by atoms with Crippen LogP contribution in [0.1, 0.15) is 17.3 Å². The van der Waals surface area contributed by atoms with Crippen LogP contribution < -0.4 is 5.32 Å². The molecule has 17 heavy (non-hydrogen) atoms. The van der Waals surface area contributed by atoms with E-state index in [9.17, 15) is 0 Å². The fraction of sp³-hybridized carbons (Fsp3) is 0.545. The molecule has 0 atom stereocenters. The number of rotatable bonds is 5. The molecular formula is C11H18N6. The first kappa shape index (κ1) is 11.8. The van der Waals surface area contributed by atoms with Gasteiger partial charge in [0.05, 0.1) is 6.54 Å². The van der Waals surface area contributed by atoms with Gasteiger partial charge in [-0.2, -0.15) is 5.10 Å². The van der Waals surface area contributed by atoms with Crippen LogP contribution >= 0.6 is 0 Å². The zero-order valence-corrected chi connectivity index (χ0v) is 10.5. The Bertz CT molecular complexity index is 484. The van der Waals surface area contributed by atoms with Crippen LogP contribution in [0.5, 0.6) is 0 Å². The molecule has 0 unspecified atom stereocenters. The minimum atomic E-state index is 0.745. The first-order valence-electron chi connectivity index (χ1n) is 5.71. The maximum atomic E-state index is 4.13. The molecule has 2 rings (SSSR count). The van der Waals surface area contributed by atoms with E-state index >= 15 is 0 Å². The zero-order chi connectivity index (χ0) is 12.3. The van der Waals surface area contributed by atoms with E-state index < -0.39 is 0 Å². The van der Waals surface area contributed by atoms with E-state index in [0.717, 1.165) is 31.2 Å². The Morgan fingerprint density at radius 2 is 2.12 bits per heavy atom. The van der Waals surface area contributed by atoms with Crippen molar-refractivity contribution in [1.82, 2.24) is 29.9 Å². The molecule has 0 spiro atoms. The molecular weight excluding hydrogens is 216 g/mol. The van der Waals surface area contributed by atoms with Gasteiger partial charge < -0.3 is 9.88 Å². The van der Waals surface area contributed by atoms with E-state index in [1.165, 1.54) is 5.69 Å². The summed E-state index contributed by atoms with van der Waals surface area (Å²) in [6.45, 7) is 3.60. The van der Waals surface area contributed by atoms with Crippen LogP contribution in [-0.4, -0.2) is 31.1 Å². The second kappa shape index (κ2) is 5.09. The molecule has 0 radical (unpaired) electrons. The lowest BCUT2D eigenvalue weighted by Crippen LogP contribution is -2.20. The van der Waals surface area contributed by atoms with Crippen molar-refractivity contribution in [3.8, 4) is 0 Å². The Morgan fingerprint density at radius 3 is 2.71 bits per heavy atom. The van der Waals surface area contributed by atoms with Crippen LogP contribution in [0.15, 0.2) is 12.3 Å². The highest BCUT2D eigenvalue weighted by atomic mass is 15.3. The zero-order valence-electron chi connectivity index (χ0n) is 10.5. The second-order valence-electron chi connectivity index (χ2n) is 4.10. The summed E-state index contributed by atoms with van der Waals surface area (Å²) in [5.74, 6) is 1.90. The minimum Gasteiger partial charge on any atom is -0.317 e. The van der Waals surface area contributed by atoms with Crippen molar-refractivity contribution in [3.63, 3.8) is 0 Å². The Kier molecular flexibility index (Phi) is 3.53. The SMILES string of the molecule is Cc1nnc(CNCCc2ccnn2C)n1C. The Hall–Kier alpha value is -1.69. The van der Waals surface area contributed by atoms with Gasteiger partial charge in [0.25, 0.3) is 0 Å². The lowest BCUT2D eigenvalue weighted by molar-refractivity contribution is 0.612. The molecule has 6 nitrogen and oxygen atoms in total. The molecule has 0 amide bonds. The van der Waals surface area contributed by atoms with Gasteiger partial charge in [-0.05, 0) is 13.0 Å². The second-order valence-corrected chi connectivity index (χ2v) is 4.10. The lowest BCUT2D eigenvalue weighted by atomic mass is 10.3. The molecule has 6 heteroatoms. The summed E-state index contributed by atoms with van der Waals surface area (Å²) in [5.41, 5.74) is 1.23. The number of hydrogen-bond donors (Lipinski definition) is 1. The largest absolute Gasteiger partial charge is 0.317 e. The summed E-state index contributed by atoms with van der Waals surface area (Å²) in [4.78, 5) is 0. The molecule has 2 heterocycles. The van der Waals surface area contributed by atoms with Gasteiger partial charge >= 0.3 is 0 Å². The molecule has 0 aromatic carbocycles. The maximum absolute atomic E-state index is 4.13. The van der Waals surface area contributed by atoms with Crippen LogP contribution in [0, 0.1) is 6.92 Å². The fourth-order valence-electron chi connectivity index (χ4n) is 1.67. The summed E-state index contributed by atoms with van der Waals surface area (Å²) in [6, 6.07) is 2.04. The van der Waals surface area contributed by atoms with Gasteiger partial charge in [-0.15, -0.1) is 10.2 Å². The molecule has 1 N–H and O–H groups in total. The summed E-state index contributed by atoms with van der Waals surface area (Å²) >= 11 is 0. The van der Waals surface area contributed by atoms with Crippen molar-refractivity contribution in [2.45, 2.75) is 19.9 Å². The third-order valence-corrected chi connectivity index (χ3v) is 2.95. The van der Waals surface area contributed by atoms with Crippen LogP contribution in [0.2, 0.25) is 0 Å². The van der Waals surface area contributed by atoms with Crippen LogP contribution in [-0.2, 0) is 27.1 Å². The van der Waals surface area contributed by atoms with E-state index in [1.54, 1.807) is 0 Å². The van der Waals surface area contributed by atoms with Gasteiger partial charge in [-0.25, -0.2) is 0 Å². The molecule has 0 saturated carbocycles. The summed E-state index contributed by atoms with van der Waals surface area (Å²) in [6.07, 6.45) is 2.79. The number of hydrogen-bond acceptors (Lipinski definition) is 4. The van der Waals surface area contributed by atoms with Gasteiger partial charge in [0.1, 0.15) is 11.6 Å². The minimum absolute atomic E-state index is 0.745. The smallest absolute Gasteiger partial charge is 0.146 e. The monoisotopic (exact) mass is 234 g/mol. The number of nitrogens with one attached hydrogen (secondary N) is 1. The molecule has 2 aromatic rings. The summed E-state index contributed by atoms with van der Waals surface area (Å²) in [7, 11) is 3.94. The molecule has 2 aromatic heterocycles. The van der Waals surface area contributed by atoms with Crippen molar-refractivity contribution in [1.29, 1.82) is 0 Å². The highest BCUT2D eigenvalue weighted by Crippen LogP contribution is 1.98. The predicted octanol–water partition coefficient (Wildman–Crippen LogP) is 0.189. The van der Waals surface area contributed by atoms with E-state index in [4.69, 9.17) is 0 Å². The standard InChI is InChI=1S/C11H18N6/c1-9-14-15-11(16(9)2)8-12-6-4-10-5-7-13-17(10)3/h5,7,12H,4,6,8H2,1-3H3. The maximum Gasteiger partial charge on any atom is 0.146 e. The van der Waals surface area contributed by atoms with E-state index in [-0.39, 0.29) is 0 Å². The van der Waals surface area contributed by atoms with Gasteiger partial charge in [0.15, 0.2) is 0 Å². The van der Waals surface area contributed by atoms with Crippen molar-refractivity contribution >= 4 is 0 Å². The molecule has 0 bridgehead atoms. The van der Waals surface area contributed by atoms with Crippen molar-refractivity contribution in [3.05, 3.63) is 29.6 Å². The Balaban J connectivity index is 1.77. The Morgan fingerprint density at radius 1 is 1.29 bits per heavy atom. The van der Waals surface area contributed by atoms with Crippen LogP contribution in [0.4, 0.5) is 0 Å². The van der Waals surface area contributed by atoms with Crippen molar-refractivity contribution in [2.75, 3.05) is 6.54 Å². The van der Waals surface area contributed by atoms with Crippen LogP contribution in [0.25, 0.3) is 0 Å². The quantitative estimate of drug-likeness (QED) is 0.750. The lowest BCUT2D eigenvalue weighted by Gasteiger charge is -2.05. The van der Waals surface area contributed by atoms with Gasteiger partial charge in [0, 0.05) is 39.0 Å². The number of aromatic nitrogens is 5. The summed E-state index contributed by atoms with van der Waals surface area (Å²) < 4.78 is 3.89. The molecule has 0 aliphatic heterocycles. The van der Waals surface area contributed by atoms with Gasteiger partial charge in [0.2, 0.25) is 0 Å². The van der Waals surface area contributed by atoms with E-state index in [1.807, 2.05) is 42.5 Å². The van der Waals surface area contributed by atoms with Crippen molar-refractivity contribution < 1.29 is 0 Å². The van der Waals surface area contributed by atoms with Crippen LogP contribution in [0.3, 0.4) is 0 Å². The van der Waals surface area contributed by atoms with Crippen molar-refractivity contribution in [2.24, 2.45) is 14.1 Å². The third kappa shape index (κ3) is 2.71. The first-order chi connectivity index (χ1) is 8.18. The predicted molar refractivity (Wildman–Crippen MR) is 64.4 cm³/mol. The first-order valence-corrected chi connectivity index (χ1v) is 5.71. The molecule has 0 aliphatic rings. The molecule has 0 fully saturated rings. The highest BCUT2D eigenvalue weighted by molar-refractivity contribution is 5.00. The third-order valence-electron chi connectivity index (χ3n) is 2.95.